The fourth-order valence-corrected chi connectivity index (χ4v) is 5.33. The van der Waals surface area contributed by atoms with E-state index in [0.717, 1.165) is 19.1 Å². The summed E-state index contributed by atoms with van der Waals surface area (Å²) in [6.07, 6.45) is 2.50. The maximum absolute atomic E-state index is 12.7. The molecule has 0 atom stereocenters. The quantitative estimate of drug-likeness (QED) is 0.552. The second kappa shape index (κ2) is 8.42. The van der Waals surface area contributed by atoms with E-state index in [1.54, 1.807) is 0 Å². The highest BCUT2D eigenvalue weighted by atomic mass is 35.5. The van der Waals surface area contributed by atoms with Gasteiger partial charge in [0, 0.05) is 18.7 Å². The molecule has 0 aliphatic carbocycles. The number of carbonyl (C=O) groups excluding carboxylic acids is 1. The van der Waals surface area contributed by atoms with Crippen LogP contribution in [0.25, 0.3) is 0 Å². The number of carbonyl (C=O) groups is 1. The predicted molar refractivity (Wildman–Crippen MR) is 114 cm³/mol. The maximum Gasteiger partial charge on any atom is 0.255 e. The molecule has 9 nitrogen and oxygen atoms in total. The number of halogens is 1. The van der Waals surface area contributed by atoms with Crippen molar-refractivity contribution in [2.45, 2.75) is 17.7 Å². The van der Waals surface area contributed by atoms with Crippen LogP contribution in [0.3, 0.4) is 0 Å². The van der Waals surface area contributed by atoms with Gasteiger partial charge in [-0.1, -0.05) is 11.6 Å². The van der Waals surface area contributed by atoms with E-state index in [1.807, 2.05) is 0 Å². The van der Waals surface area contributed by atoms with Gasteiger partial charge in [-0.2, -0.15) is 4.31 Å². The maximum atomic E-state index is 12.7. The molecule has 1 amide bonds. The Morgan fingerprint density at radius 2 is 1.70 bits per heavy atom. The van der Waals surface area contributed by atoms with Crippen LogP contribution in [0, 0.1) is 0 Å². The van der Waals surface area contributed by atoms with Crippen LogP contribution in [-0.4, -0.2) is 51.5 Å². The minimum atomic E-state index is -3.73. The molecule has 0 spiro atoms. The average Bonchev–Trinajstić information content (AvgIpc) is 3.19. The third-order valence-corrected chi connectivity index (χ3v) is 7.26. The number of phenolic OH excluding ortho intramolecular Hbond substituents is 1. The fraction of sp³-hybridized carbons (Fsp3) is 0.278. The molecule has 2 aromatic carbocycles. The van der Waals surface area contributed by atoms with Crippen molar-refractivity contribution in [2.24, 2.45) is 0 Å². The highest BCUT2D eigenvalue weighted by molar-refractivity contribution is 7.92. The molecule has 0 bridgehead atoms. The predicted octanol–water partition coefficient (Wildman–Crippen LogP) is 2.45. The number of nitrogens with zero attached hydrogens (tertiary/aromatic N) is 1. The molecule has 1 aliphatic heterocycles. The minimum absolute atomic E-state index is 0.0152. The van der Waals surface area contributed by atoms with Crippen molar-refractivity contribution in [1.29, 1.82) is 0 Å². The van der Waals surface area contributed by atoms with Gasteiger partial charge in [-0.05, 0) is 49.2 Å². The molecule has 12 heteroatoms. The first-order chi connectivity index (χ1) is 14.0. The number of rotatable bonds is 6. The normalized spacial score (nSPS) is 15.1. The van der Waals surface area contributed by atoms with Crippen molar-refractivity contribution < 1.29 is 26.7 Å². The summed E-state index contributed by atoms with van der Waals surface area (Å²) in [6.45, 7) is 0.845. The lowest BCUT2D eigenvalue weighted by Gasteiger charge is -2.17. The van der Waals surface area contributed by atoms with Gasteiger partial charge >= 0.3 is 0 Å². The highest BCUT2D eigenvalue weighted by Gasteiger charge is 2.28. The first kappa shape index (κ1) is 22.3. The van der Waals surface area contributed by atoms with Crippen LogP contribution < -0.4 is 10.0 Å². The van der Waals surface area contributed by atoms with Crippen molar-refractivity contribution in [3.05, 3.63) is 47.0 Å². The van der Waals surface area contributed by atoms with Gasteiger partial charge in [0.15, 0.2) is 0 Å². The van der Waals surface area contributed by atoms with E-state index in [0.29, 0.717) is 13.1 Å². The van der Waals surface area contributed by atoms with Gasteiger partial charge in [0.25, 0.3) is 5.91 Å². The number of hydrogen-bond donors (Lipinski definition) is 3. The summed E-state index contributed by atoms with van der Waals surface area (Å²) in [6, 6.07) is 7.60. The Kier molecular flexibility index (Phi) is 6.27. The molecule has 1 fully saturated rings. The van der Waals surface area contributed by atoms with E-state index in [1.165, 1.54) is 40.7 Å². The van der Waals surface area contributed by atoms with Crippen LogP contribution in [0.2, 0.25) is 5.02 Å². The van der Waals surface area contributed by atoms with E-state index >= 15 is 0 Å². The Morgan fingerprint density at radius 1 is 1.03 bits per heavy atom. The molecule has 0 saturated carbocycles. The third-order valence-electron chi connectivity index (χ3n) is 4.44. The molecule has 2 aromatic rings. The van der Waals surface area contributed by atoms with E-state index in [2.05, 4.69) is 10.0 Å². The van der Waals surface area contributed by atoms with Crippen LogP contribution in [-0.2, 0) is 20.0 Å². The van der Waals surface area contributed by atoms with E-state index in [-0.39, 0.29) is 32.6 Å². The molecule has 0 radical (unpaired) electrons. The van der Waals surface area contributed by atoms with Crippen LogP contribution in [0.1, 0.15) is 23.2 Å². The lowest BCUT2D eigenvalue weighted by Crippen LogP contribution is -2.28. The van der Waals surface area contributed by atoms with Crippen molar-refractivity contribution in [1.82, 2.24) is 4.31 Å². The van der Waals surface area contributed by atoms with Crippen molar-refractivity contribution in [3.8, 4) is 5.75 Å². The van der Waals surface area contributed by atoms with Crippen LogP contribution in [0.4, 0.5) is 11.4 Å². The number of anilines is 2. The SMILES string of the molecule is CS(=O)(=O)Nc1cc(C(=O)Nc2cc(S(=O)(=O)N3CCCC3)ccc2O)ccc1Cl. The first-order valence-corrected chi connectivity index (χ1v) is 12.6. The molecular weight excluding hydrogens is 454 g/mol. The molecule has 1 saturated heterocycles. The summed E-state index contributed by atoms with van der Waals surface area (Å²) >= 11 is 5.96. The van der Waals surface area contributed by atoms with Gasteiger partial charge in [0.2, 0.25) is 20.0 Å². The molecule has 1 heterocycles. The van der Waals surface area contributed by atoms with E-state index in [4.69, 9.17) is 11.6 Å². The number of amides is 1. The summed E-state index contributed by atoms with van der Waals surface area (Å²) in [5, 5.41) is 12.6. The van der Waals surface area contributed by atoms with Crippen LogP contribution in [0.5, 0.6) is 5.75 Å². The van der Waals surface area contributed by atoms with Gasteiger partial charge < -0.3 is 10.4 Å². The van der Waals surface area contributed by atoms with Gasteiger partial charge in [0.05, 0.1) is 27.5 Å². The molecule has 162 valence electrons. The minimum Gasteiger partial charge on any atom is -0.506 e. The molecule has 0 unspecified atom stereocenters. The second-order valence-electron chi connectivity index (χ2n) is 6.81. The first-order valence-electron chi connectivity index (χ1n) is 8.89. The Hall–Kier alpha value is -2.34. The second-order valence-corrected chi connectivity index (χ2v) is 10.9. The fourth-order valence-electron chi connectivity index (χ4n) is 2.99. The Labute approximate surface area is 179 Å². The molecule has 3 rings (SSSR count). The summed E-state index contributed by atoms with van der Waals surface area (Å²) in [5.41, 5.74) is -0.0213. The van der Waals surface area contributed by atoms with Gasteiger partial charge in [-0.3, -0.25) is 9.52 Å². The van der Waals surface area contributed by atoms with Crippen molar-refractivity contribution in [3.63, 3.8) is 0 Å². The van der Waals surface area contributed by atoms with Crippen molar-refractivity contribution in [2.75, 3.05) is 29.4 Å². The average molecular weight is 474 g/mol. The Morgan fingerprint density at radius 3 is 2.33 bits per heavy atom. The smallest absolute Gasteiger partial charge is 0.255 e. The molecule has 1 aliphatic rings. The number of aromatic hydroxyl groups is 1. The molecule has 0 aromatic heterocycles. The third kappa shape index (κ3) is 5.04. The summed E-state index contributed by atoms with van der Waals surface area (Å²) in [5.74, 6) is -0.999. The summed E-state index contributed by atoms with van der Waals surface area (Å²) in [7, 11) is -7.35. The van der Waals surface area contributed by atoms with Gasteiger partial charge in [-0.25, -0.2) is 16.8 Å². The largest absolute Gasteiger partial charge is 0.506 e. The Bertz CT molecular complexity index is 1190. The number of sulfonamides is 2. The number of phenols is 1. The molecular formula is C18H20ClN3O6S2. The van der Waals surface area contributed by atoms with Crippen LogP contribution >= 0.6 is 11.6 Å². The summed E-state index contributed by atoms with van der Waals surface area (Å²) in [4.78, 5) is 12.6. The van der Waals surface area contributed by atoms with Gasteiger partial charge in [0.1, 0.15) is 5.75 Å². The van der Waals surface area contributed by atoms with Gasteiger partial charge in [-0.15, -0.1) is 0 Å². The Balaban J connectivity index is 1.88. The summed E-state index contributed by atoms with van der Waals surface area (Å²) < 4.78 is 51.9. The number of nitrogens with one attached hydrogen (secondary N) is 2. The van der Waals surface area contributed by atoms with Crippen LogP contribution in [0.15, 0.2) is 41.3 Å². The molecule has 30 heavy (non-hydrogen) atoms. The number of benzene rings is 2. The zero-order valence-corrected chi connectivity index (χ0v) is 18.3. The van der Waals surface area contributed by atoms with E-state index in [9.17, 15) is 26.7 Å². The lowest BCUT2D eigenvalue weighted by molar-refractivity contribution is 0.102. The standard InChI is InChI=1S/C18H20ClN3O6S2/c1-29(25,26)21-15-10-12(4-6-14(15)19)18(24)20-16-11-13(5-7-17(16)23)30(27,28)22-8-2-3-9-22/h4-7,10-11,21,23H,2-3,8-9H2,1H3,(H,20,24). The van der Waals surface area contributed by atoms with E-state index < -0.39 is 26.0 Å². The van der Waals surface area contributed by atoms with Crippen molar-refractivity contribution >= 4 is 48.9 Å². The lowest BCUT2D eigenvalue weighted by atomic mass is 10.2. The zero-order valence-electron chi connectivity index (χ0n) is 15.9. The highest BCUT2D eigenvalue weighted by Crippen LogP contribution is 2.30. The number of hydrogen-bond acceptors (Lipinski definition) is 6. The molecule has 3 N–H and O–H groups in total. The topological polar surface area (TPSA) is 133 Å². The monoisotopic (exact) mass is 473 g/mol. The zero-order chi connectivity index (χ0) is 22.1.